The zero-order valence-corrected chi connectivity index (χ0v) is 10.2. The average molecular weight is 237 g/mol. The van der Waals surface area contributed by atoms with E-state index in [2.05, 4.69) is 4.98 Å². The number of nitrogens with zero attached hydrogens (tertiary/aromatic N) is 2. The number of nitrogens with two attached hydrogens (primary N) is 1. The molecule has 5 heteroatoms. The average Bonchev–Trinajstić information content (AvgIpc) is 3.04. The maximum atomic E-state index is 11.5. The van der Waals surface area contributed by atoms with Gasteiger partial charge in [0.05, 0.1) is 12.9 Å². The Morgan fingerprint density at radius 1 is 1.65 bits per heavy atom. The number of rotatable bonds is 6. The van der Waals surface area contributed by atoms with Crippen LogP contribution in [0, 0.1) is 5.92 Å². The van der Waals surface area contributed by atoms with Crippen molar-refractivity contribution in [1.82, 2.24) is 9.55 Å². The van der Waals surface area contributed by atoms with Gasteiger partial charge in [-0.05, 0) is 25.7 Å². The highest BCUT2D eigenvalue weighted by atomic mass is 16.5. The molecular weight excluding hydrogens is 218 g/mol. The summed E-state index contributed by atoms with van der Waals surface area (Å²) >= 11 is 0. The van der Waals surface area contributed by atoms with Crippen LogP contribution in [0.15, 0.2) is 6.33 Å². The van der Waals surface area contributed by atoms with Gasteiger partial charge in [-0.2, -0.15) is 0 Å². The van der Waals surface area contributed by atoms with Crippen molar-refractivity contribution in [2.45, 2.75) is 39.2 Å². The molecule has 1 aromatic heterocycles. The van der Waals surface area contributed by atoms with Crippen molar-refractivity contribution in [3.8, 4) is 0 Å². The first-order valence-electron chi connectivity index (χ1n) is 6.20. The predicted octanol–water partition coefficient (Wildman–Crippen LogP) is 1.83. The van der Waals surface area contributed by atoms with Gasteiger partial charge in [0.15, 0.2) is 5.69 Å². The van der Waals surface area contributed by atoms with Crippen LogP contribution in [0.4, 0.5) is 5.82 Å². The van der Waals surface area contributed by atoms with Gasteiger partial charge in [-0.1, -0.05) is 12.8 Å². The molecule has 2 N–H and O–H groups in total. The van der Waals surface area contributed by atoms with E-state index in [-0.39, 0.29) is 5.69 Å². The van der Waals surface area contributed by atoms with E-state index < -0.39 is 5.97 Å². The number of esters is 1. The number of nitrogen functional groups attached to an aromatic ring is 1. The Hall–Kier alpha value is -1.52. The smallest absolute Gasteiger partial charge is 0.360 e. The third kappa shape index (κ3) is 2.99. The lowest BCUT2D eigenvalue weighted by Crippen LogP contribution is -2.10. The van der Waals surface area contributed by atoms with Crippen LogP contribution in [-0.2, 0) is 11.3 Å². The summed E-state index contributed by atoms with van der Waals surface area (Å²) in [6.07, 6.45) is 6.69. The fourth-order valence-corrected chi connectivity index (χ4v) is 1.88. The van der Waals surface area contributed by atoms with Crippen molar-refractivity contribution in [3.63, 3.8) is 0 Å². The van der Waals surface area contributed by atoms with Crippen molar-refractivity contribution >= 4 is 11.8 Å². The van der Waals surface area contributed by atoms with Crippen LogP contribution in [0.25, 0.3) is 0 Å². The molecule has 5 nitrogen and oxygen atoms in total. The van der Waals surface area contributed by atoms with Crippen molar-refractivity contribution in [2.75, 3.05) is 12.3 Å². The SMILES string of the molecule is CCOC(=O)c1ncn(CCCC2CC2)c1N. The molecule has 0 spiro atoms. The third-order valence-electron chi connectivity index (χ3n) is 3.06. The number of hydrogen-bond donors (Lipinski definition) is 1. The van der Waals surface area contributed by atoms with Gasteiger partial charge < -0.3 is 15.0 Å². The molecule has 2 rings (SSSR count). The summed E-state index contributed by atoms with van der Waals surface area (Å²) in [7, 11) is 0. The molecule has 0 aromatic carbocycles. The van der Waals surface area contributed by atoms with Crippen molar-refractivity contribution < 1.29 is 9.53 Å². The molecule has 0 aliphatic heterocycles. The Labute approximate surface area is 101 Å². The number of aromatic nitrogens is 2. The van der Waals surface area contributed by atoms with Gasteiger partial charge in [-0.15, -0.1) is 0 Å². The predicted molar refractivity (Wildman–Crippen MR) is 64.6 cm³/mol. The second-order valence-electron chi connectivity index (χ2n) is 4.48. The van der Waals surface area contributed by atoms with Gasteiger partial charge in [0.25, 0.3) is 0 Å². The van der Waals surface area contributed by atoms with E-state index in [0.29, 0.717) is 12.4 Å². The van der Waals surface area contributed by atoms with Crippen molar-refractivity contribution in [3.05, 3.63) is 12.0 Å². The molecule has 94 valence electrons. The van der Waals surface area contributed by atoms with E-state index in [1.807, 2.05) is 4.57 Å². The molecule has 1 fully saturated rings. The van der Waals surface area contributed by atoms with Crippen LogP contribution < -0.4 is 5.73 Å². The standard InChI is InChI=1S/C12H19N3O2/c1-2-17-12(16)10-11(13)15(8-14-10)7-3-4-9-5-6-9/h8-9H,2-7,13H2,1H3. The Balaban J connectivity index is 1.91. The monoisotopic (exact) mass is 237 g/mol. The minimum atomic E-state index is -0.439. The maximum Gasteiger partial charge on any atom is 0.360 e. The normalized spacial score (nSPS) is 14.9. The summed E-state index contributed by atoms with van der Waals surface area (Å²) in [6, 6.07) is 0. The summed E-state index contributed by atoms with van der Waals surface area (Å²) in [5.74, 6) is 0.898. The molecule has 1 aliphatic rings. The summed E-state index contributed by atoms with van der Waals surface area (Å²) < 4.78 is 6.71. The number of hydrogen-bond acceptors (Lipinski definition) is 4. The number of carbonyl (C=O) groups excluding carboxylic acids is 1. The Morgan fingerprint density at radius 2 is 2.41 bits per heavy atom. The van der Waals surface area contributed by atoms with Gasteiger partial charge in [0.2, 0.25) is 0 Å². The minimum absolute atomic E-state index is 0.235. The first kappa shape index (κ1) is 12.0. The van der Waals surface area contributed by atoms with Gasteiger partial charge in [-0.25, -0.2) is 9.78 Å². The third-order valence-corrected chi connectivity index (χ3v) is 3.06. The molecule has 1 heterocycles. The number of imidazole rings is 1. The topological polar surface area (TPSA) is 70.1 Å². The highest BCUT2D eigenvalue weighted by Gasteiger charge is 2.21. The molecule has 0 atom stereocenters. The summed E-state index contributed by atoms with van der Waals surface area (Å²) in [4.78, 5) is 15.5. The fourth-order valence-electron chi connectivity index (χ4n) is 1.88. The van der Waals surface area contributed by atoms with Crippen LogP contribution in [-0.4, -0.2) is 22.1 Å². The van der Waals surface area contributed by atoms with Crippen LogP contribution in [0.2, 0.25) is 0 Å². The van der Waals surface area contributed by atoms with E-state index in [9.17, 15) is 4.79 Å². The maximum absolute atomic E-state index is 11.5. The van der Waals surface area contributed by atoms with E-state index in [1.54, 1.807) is 13.3 Å². The quantitative estimate of drug-likeness (QED) is 0.766. The molecule has 0 amide bonds. The molecule has 1 saturated carbocycles. The molecule has 0 bridgehead atoms. The largest absolute Gasteiger partial charge is 0.461 e. The molecule has 1 aromatic rings. The lowest BCUT2D eigenvalue weighted by atomic mass is 10.2. The lowest BCUT2D eigenvalue weighted by molar-refractivity contribution is 0.0521. The number of ether oxygens (including phenoxy) is 1. The Bertz CT molecular complexity index is 396. The second kappa shape index (κ2) is 5.21. The molecular formula is C12H19N3O2. The Kier molecular flexibility index (Phi) is 3.66. The summed E-state index contributed by atoms with van der Waals surface area (Å²) in [6.45, 7) is 2.93. The highest BCUT2D eigenvalue weighted by molar-refractivity contribution is 5.92. The lowest BCUT2D eigenvalue weighted by Gasteiger charge is -2.05. The number of anilines is 1. The highest BCUT2D eigenvalue weighted by Crippen LogP contribution is 2.33. The van der Waals surface area contributed by atoms with E-state index in [0.717, 1.165) is 18.9 Å². The minimum Gasteiger partial charge on any atom is -0.461 e. The van der Waals surface area contributed by atoms with Crippen LogP contribution in [0.5, 0.6) is 0 Å². The van der Waals surface area contributed by atoms with Crippen molar-refractivity contribution in [1.29, 1.82) is 0 Å². The van der Waals surface area contributed by atoms with Gasteiger partial charge >= 0.3 is 5.97 Å². The summed E-state index contributed by atoms with van der Waals surface area (Å²) in [5, 5.41) is 0. The molecule has 0 unspecified atom stereocenters. The van der Waals surface area contributed by atoms with E-state index >= 15 is 0 Å². The van der Waals surface area contributed by atoms with Crippen LogP contribution in [0.1, 0.15) is 43.1 Å². The van der Waals surface area contributed by atoms with Gasteiger partial charge in [-0.3, -0.25) is 0 Å². The second-order valence-corrected chi connectivity index (χ2v) is 4.48. The molecule has 0 radical (unpaired) electrons. The first-order valence-corrected chi connectivity index (χ1v) is 6.20. The van der Waals surface area contributed by atoms with E-state index in [4.69, 9.17) is 10.5 Å². The number of aryl methyl sites for hydroxylation is 1. The van der Waals surface area contributed by atoms with Crippen molar-refractivity contribution in [2.24, 2.45) is 5.92 Å². The first-order chi connectivity index (χ1) is 8.22. The zero-order valence-electron chi connectivity index (χ0n) is 10.2. The number of carbonyl (C=O) groups is 1. The van der Waals surface area contributed by atoms with E-state index in [1.165, 1.54) is 19.3 Å². The van der Waals surface area contributed by atoms with Gasteiger partial charge in [0, 0.05) is 6.54 Å². The molecule has 0 saturated heterocycles. The van der Waals surface area contributed by atoms with Gasteiger partial charge in [0.1, 0.15) is 5.82 Å². The van der Waals surface area contributed by atoms with Crippen LogP contribution in [0.3, 0.4) is 0 Å². The zero-order chi connectivity index (χ0) is 12.3. The molecule has 17 heavy (non-hydrogen) atoms. The fraction of sp³-hybridized carbons (Fsp3) is 0.667. The molecule has 1 aliphatic carbocycles. The summed E-state index contributed by atoms with van der Waals surface area (Å²) in [5.41, 5.74) is 6.10. The Morgan fingerprint density at radius 3 is 3.06 bits per heavy atom. The van der Waals surface area contributed by atoms with Crippen LogP contribution >= 0.6 is 0 Å².